The molecule has 0 bridgehead atoms. The minimum Gasteiger partial charge on any atom is -0.475 e. The van der Waals surface area contributed by atoms with Crippen molar-refractivity contribution in [2.45, 2.75) is 26.9 Å². The van der Waals surface area contributed by atoms with Gasteiger partial charge in [-0.3, -0.25) is 19.8 Å². The topological polar surface area (TPSA) is 112 Å². The molecule has 1 amide bonds. The normalized spacial score (nSPS) is 10.4. The molecular weight excluding hydrogens is 434 g/mol. The zero-order valence-electron chi connectivity index (χ0n) is 17.5. The number of aryl methyl sites for hydroxylation is 1. The van der Waals surface area contributed by atoms with Crippen LogP contribution in [0.2, 0.25) is 0 Å². The minimum atomic E-state index is -0.698. The molecule has 0 aliphatic rings. The number of hydrogen-bond acceptors (Lipinski definition) is 8. The van der Waals surface area contributed by atoms with Crippen LogP contribution in [0.1, 0.15) is 25.1 Å². The molecule has 0 spiro atoms. The maximum atomic E-state index is 12.2. The summed E-state index contributed by atoms with van der Waals surface area (Å²) in [4.78, 5) is 40.5. The van der Waals surface area contributed by atoms with E-state index in [4.69, 9.17) is 9.47 Å². The van der Waals surface area contributed by atoms with Gasteiger partial charge in [0.25, 0.3) is 0 Å². The highest BCUT2D eigenvalue weighted by molar-refractivity contribution is 7.14. The fraction of sp³-hybridized carbons (Fsp3) is 0.227. The van der Waals surface area contributed by atoms with Crippen LogP contribution in [0, 0.1) is 10.1 Å². The predicted molar refractivity (Wildman–Crippen MR) is 119 cm³/mol. The molecule has 1 heterocycles. The lowest BCUT2D eigenvalue weighted by molar-refractivity contribution is -0.385. The van der Waals surface area contributed by atoms with Crippen LogP contribution >= 0.6 is 11.3 Å². The van der Waals surface area contributed by atoms with Crippen molar-refractivity contribution in [3.05, 3.63) is 75.3 Å². The van der Waals surface area contributed by atoms with E-state index in [1.165, 1.54) is 41.4 Å². The summed E-state index contributed by atoms with van der Waals surface area (Å²) in [5.74, 6) is -0.905. The van der Waals surface area contributed by atoms with Gasteiger partial charge in [0.2, 0.25) is 5.91 Å². The first-order valence-electron chi connectivity index (χ1n) is 9.75. The smallest absolute Gasteiger partial charge is 0.344 e. The van der Waals surface area contributed by atoms with Gasteiger partial charge in [0, 0.05) is 18.4 Å². The maximum Gasteiger partial charge on any atom is 0.344 e. The van der Waals surface area contributed by atoms with E-state index < -0.39 is 17.5 Å². The largest absolute Gasteiger partial charge is 0.475 e. The number of nitro groups is 1. The zero-order valence-corrected chi connectivity index (χ0v) is 18.3. The van der Waals surface area contributed by atoms with E-state index in [1.54, 1.807) is 11.4 Å². The number of nitro benzene ring substituents is 1. The maximum absolute atomic E-state index is 12.2. The predicted octanol–water partition coefficient (Wildman–Crippen LogP) is 4.42. The number of para-hydroxylation sites is 2. The third kappa shape index (κ3) is 5.67. The van der Waals surface area contributed by atoms with Gasteiger partial charge in [0.05, 0.1) is 16.3 Å². The van der Waals surface area contributed by atoms with E-state index in [9.17, 15) is 19.7 Å². The van der Waals surface area contributed by atoms with Gasteiger partial charge in [0.1, 0.15) is 6.61 Å². The van der Waals surface area contributed by atoms with E-state index in [1.807, 2.05) is 24.3 Å². The molecule has 166 valence electrons. The summed E-state index contributed by atoms with van der Waals surface area (Å²) >= 11 is 1.25. The molecule has 2 aromatic carbocycles. The van der Waals surface area contributed by atoms with Crippen molar-refractivity contribution in [1.29, 1.82) is 0 Å². The lowest BCUT2D eigenvalue weighted by Crippen LogP contribution is -2.22. The number of thiazole rings is 1. The monoisotopic (exact) mass is 455 g/mol. The average molecular weight is 455 g/mol. The molecule has 0 saturated heterocycles. The zero-order chi connectivity index (χ0) is 23.1. The summed E-state index contributed by atoms with van der Waals surface area (Å²) in [5.41, 5.74) is 2.10. The Morgan fingerprint density at radius 1 is 1.16 bits per heavy atom. The number of rotatable bonds is 9. The van der Waals surface area contributed by atoms with Gasteiger partial charge in [-0.05, 0) is 30.2 Å². The van der Waals surface area contributed by atoms with E-state index in [-0.39, 0.29) is 24.0 Å². The molecule has 3 rings (SSSR count). The highest BCUT2D eigenvalue weighted by Gasteiger charge is 2.19. The second-order valence-corrected chi connectivity index (χ2v) is 7.51. The van der Waals surface area contributed by atoms with E-state index in [0.717, 1.165) is 12.0 Å². The average Bonchev–Trinajstić information content (AvgIpc) is 3.25. The number of carbonyl (C=O) groups excluding carboxylic acids is 2. The number of carbonyl (C=O) groups is 2. The molecule has 0 aliphatic heterocycles. The fourth-order valence-corrected chi connectivity index (χ4v) is 3.71. The highest BCUT2D eigenvalue weighted by Crippen LogP contribution is 2.29. The van der Waals surface area contributed by atoms with Gasteiger partial charge in [0.15, 0.2) is 17.5 Å². The lowest BCUT2D eigenvalue weighted by atomic mass is 10.1. The molecular formula is C22H21N3O6S. The summed E-state index contributed by atoms with van der Waals surface area (Å²) in [7, 11) is 0. The Labute approximate surface area is 188 Å². The molecule has 32 heavy (non-hydrogen) atoms. The Hall–Kier alpha value is -3.79. The Balaban J connectivity index is 1.60. The van der Waals surface area contributed by atoms with Crippen molar-refractivity contribution in [3.63, 3.8) is 0 Å². The molecule has 0 atom stereocenters. The second-order valence-electron chi connectivity index (χ2n) is 6.67. The van der Waals surface area contributed by atoms with Gasteiger partial charge >= 0.3 is 11.7 Å². The van der Waals surface area contributed by atoms with Gasteiger partial charge in [-0.1, -0.05) is 31.2 Å². The molecule has 0 radical (unpaired) electrons. The molecule has 0 aliphatic carbocycles. The first-order chi connectivity index (χ1) is 15.4. The van der Waals surface area contributed by atoms with Crippen LogP contribution in [-0.2, 0) is 27.4 Å². The Kier molecular flexibility index (Phi) is 7.50. The van der Waals surface area contributed by atoms with E-state index in [2.05, 4.69) is 11.9 Å². The third-order valence-corrected chi connectivity index (χ3v) is 5.31. The quantitative estimate of drug-likeness (QED) is 0.267. The Bertz CT molecular complexity index is 1110. The molecule has 10 heteroatoms. The number of anilines is 2. The van der Waals surface area contributed by atoms with Crippen molar-refractivity contribution in [2.75, 3.05) is 11.5 Å². The number of hydrogen-bond donors (Lipinski definition) is 0. The molecule has 0 unspecified atom stereocenters. The highest BCUT2D eigenvalue weighted by atomic mass is 32.1. The summed E-state index contributed by atoms with van der Waals surface area (Å²) in [5, 5.41) is 13.1. The van der Waals surface area contributed by atoms with E-state index in [0.29, 0.717) is 16.5 Å². The minimum absolute atomic E-state index is 0.0170. The second kappa shape index (κ2) is 10.5. The molecule has 0 saturated carbocycles. The van der Waals surface area contributed by atoms with Crippen LogP contribution in [0.15, 0.2) is 53.9 Å². The molecule has 0 fully saturated rings. The van der Waals surface area contributed by atoms with Gasteiger partial charge in [-0.25, -0.2) is 9.78 Å². The Morgan fingerprint density at radius 2 is 1.88 bits per heavy atom. The number of ether oxygens (including phenoxy) is 2. The number of benzene rings is 2. The van der Waals surface area contributed by atoms with Gasteiger partial charge in [-0.15, -0.1) is 11.3 Å². The van der Waals surface area contributed by atoms with Crippen LogP contribution in [0.4, 0.5) is 16.5 Å². The first kappa shape index (κ1) is 22.9. The molecule has 9 nitrogen and oxygen atoms in total. The summed E-state index contributed by atoms with van der Waals surface area (Å²) in [6.07, 6.45) is 0.897. The first-order valence-corrected chi connectivity index (χ1v) is 10.6. The van der Waals surface area contributed by atoms with Crippen LogP contribution in [0.5, 0.6) is 5.75 Å². The van der Waals surface area contributed by atoms with Crippen molar-refractivity contribution >= 4 is 39.7 Å². The summed E-state index contributed by atoms with van der Waals surface area (Å²) in [6.45, 7) is 2.91. The van der Waals surface area contributed by atoms with Crippen LogP contribution in [0.25, 0.3) is 0 Å². The third-order valence-electron chi connectivity index (χ3n) is 4.44. The number of amides is 1. The van der Waals surface area contributed by atoms with Gasteiger partial charge in [-0.2, -0.15) is 0 Å². The number of nitrogens with zero attached hydrogens (tertiary/aromatic N) is 3. The van der Waals surface area contributed by atoms with Crippen molar-refractivity contribution in [1.82, 2.24) is 4.98 Å². The SMILES string of the molecule is CCc1ccc(N(C(C)=O)c2nc(COC(=O)COc3ccccc3[N+](=O)[O-])cs2)cc1. The van der Waals surface area contributed by atoms with Crippen LogP contribution < -0.4 is 9.64 Å². The number of aromatic nitrogens is 1. The molecule has 3 aromatic rings. The van der Waals surface area contributed by atoms with E-state index >= 15 is 0 Å². The van der Waals surface area contributed by atoms with Crippen molar-refractivity contribution in [3.8, 4) is 5.75 Å². The van der Waals surface area contributed by atoms with Crippen LogP contribution in [-0.4, -0.2) is 28.4 Å². The Morgan fingerprint density at radius 3 is 2.53 bits per heavy atom. The molecule has 1 aromatic heterocycles. The standard InChI is InChI=1S/C22H21N3O6S/c1-3-16-8-10-18(11-9-16)24(15(2)26)22-23-17(14-32-22)12-31-21(27)13-30-20-7-5-4-6-19(20)25(28)29/h4-11,14H,3,12-13H2,1-2H3. The number of esters is 1. The fourth-order valence-electron chi connectivity index (χ4n) is 2.84. The van der Waals surface area contributed by atoms with Crippen molar-refractivity contribution in [2.24, 2.45) is 0 Å². The van der Waals surface area contributed by atoms with Crippen molar-refractivity contribution < 1.29 is 24.0 Å². The molecule has 0 N–H and O–H groups in total. The summed E-state index contributed by atoms with van der Waals surface area (Å²) < 4.78 is 10.4. The van der Waals surface area contributed by atoms with Crippen LogP contribution in [0.3, 0.4) is 0 Å². The summed E-state index contributed by atoms with van der Waals surface area (Å²) in [6, 6.07) is 13.4. The van der Waals surface area contributed by atoms with Gasteiger partial charge < -0.3 is 9.47 Å². The lowest BCUT2D eigenvalue weighted by Gasteiger charge is -2.18.